The van der Waals surface area contributed by atoms with E-state index in [9.17, 15) is 4.79 Å². The number of carbonyl (C=O) groups is 1. The number of nitrogens with zero attached hydrogens (tertiary/aromatic N) is 3. The van der Waals surface area contributed by atoms with Gasteiger partial charge in [-0.1, -0.05) is 0 Å². The number of hydrogen-bond acceptors (Lipinski definition) is 5. The second kappa shape index (κ2) is 3.35. The molecular formula is C8H8N4O2S. The number of rotatable bonds is 2. The fourth-order valence-electron chi connectivity index (χ4n) is 1.29. The molecule has 0 amide bonds. The van der Waals surface area contributed by atoms with E-state index in [0.29, 0.717) is 11.4 Å². The molecule has 3 N–H and O–H groups in total. The summed E-state index contributed by atoms with van der Waals surface area (Å²) in [5, 5.41) is 13.1. The van der Waals surface area contributed by atoms with Crippen LogP contribution in [0.2, 0.25) is 0 Å². The number of aromatic nitrogens is 3. The smallest absolute Gasteiger partial charge is 0.341 e. The lowest BCUT2D eigenvalue weighted by Crippen LogP contribution is -2.03. The van der Waals surface area contributed by atoms with E-state index in [4.69, 9.17) is 10.8 Å². The largest absolute Gasteiger partial charge is 0.478 e. The van der Waals surface area contributed by atoms with Gasteiger partial charge in [0, 0.05) is 13.2 Å². The predicted octanol–water partition coefficient (Wildman–Crippen LogP) is 0.824. The van der Waals surface area contributed by atoms with Crippen molar-refractivity contribution in [2.24, 2.45) is 7.05 Å². The Morgan fingerprint density at radius 2 is 2.40 bits per heavy atom. The summed E-state index contributed by atoms with van der Waals surface area (Å²) in [6.07, 6.45) is 1.58. The lowest BCUT2D eigenvalue weighted by atomic mass is 10.2. The van der Waals surface area contributed by atoms with E-state index in [0.717, 1.165) is 11.5 Å². The molecule has 2 heterocycles. The second-order valence-electron chi connectivity index (χ2n) is 2.92. The number of hydrogen-bond donors (Lipinski definition) is 2. The first-order chi connectivity index (χ1) is 7.11. The van der Waals surface area contributed by atoms with Gasteiger partial charge >= 0.3 is 5.97 Å². The zero-order chi connectivity index (χ0) is 11.0. The summed E-state index contributed by atoms with van der Waals surface area (Å²) in [5.74, 6) is -1.07. The number of anilines is 1. The van der Waals surface area contributed by atoms with Crippen LogP contribution in [0.5, 0.6) is 0 Å². The molecule has 0 saturated carbocycles. The summed E-state index contributed by atoms with van der Waals surface area (Å²) < 4.78 is 5.57. The molecule has 78 valence electrons. The normalized spacial score (nSPS) is 10.5. The van der Waals surface area contributed by atoms with Crippen molar-refractivity contribution in [3.8, 4) is 11.4 Å². The van der Waals surface area contributed by atoms with Crippen molar-refractivity contribution in [2.75, 3.05) is 5.73 Å². The van der Waals surface area contributed by atoms with Gasteiger partial charge in [0.2, 0.25) is 0 Å². The summed E-state index contributed by atoms with van der Waals surface area (Å²) in [6.45, 7) is 0. The van der Waals surface area contributed by atoms with Crippen LogP contribution in [-0.2, 0) is 7.05 Å². The lowest BCUT2D eigenvalue weighted by Gasteiger charge is -1.99. The Morgan fingerprint density at radius 3 is 2.93 bits per heavy atom. The Labute approximate surface area is 89.1 Å². The molecule has 6 nitrogen and oxygen atoms in total. The zero-order valence-corrected chi connectivity index (χ0v) is 8.65. The average Bonchev–Trinajstić information content (AvgIpc) is 2.71. The highest BCUT2D eigenvalue weighted by molar-refractivity contribution is 7.10. The number of nitrogens with two attached hydrogens (primary N) is 1. The molecule has 2 aromatic heterocycles. The maximum atomic E-state index is 11.0. The van der Waals surface area contributed by atoms with E-state index in [2.05, 4.69) is 9.47 Å². The fourth-order valence-corrected chi connectivity index (χ4v) is 1.94. The molecule has 2 rings (SSSR count). The van der Waals surface area contributed by atoms with E-state index in [1.54, 1.807) is 24.0 Å². The van der Waals surface area contributed by atoms with Crippen LogP contribution in [-0.4, -0.2) is 25.2 Å². The summed E-state index contributed by atoms with van der Waals surface area (Å²) in [6, 6.07) is 1.70. The maximum absolute atomic E-state index is 11.0. The topological polar surface area (TPSA) is 94.0 Å². The molecule has 0 fully saturated rings. The summed E-state index contributed by atoms with van der Waals surface area (Å²) in [5.41, 5.74) is 6.59. The SMILES string of the molecule is Cn1nccc1-c1nsc(N)c1C(=O)O. The molecule has 0 aliphatic carbocycles. The van der Waals surface area contributed by atoms with Crippen molar-refractivity contribution in [1.29, 1.82) is 0 Å². The molecule has 0 radical (unpaired) electrons. The maximum Gasteiger partial charge on any atom is 0.341 e. The molecule has 0 spiro atoms. The van der Waals surface area contributed by atoms with Gasteiger partial charge < -0.3 is 10.8 Å². The minimum atomic E-state index is -1.07. The number of aryl methyl sites for hydroxylation is 1. The van der Waals surface area contributed by atoms with Crippen LogP contribution < -0.4 is 5.73 Å². The van der Waals surface area contributed by atoms with E-state index in [1.807, 2.05) is 0 Å². The van der Waals surface area contributed by atoms with Crippen molar-refractivity contribution in [3.63, 3.8) is 0 Å². The molecule has 0 bridgehead atoms. The Bertz CT molecular complexity index is 516. The molecule has 2 aromatic rings. The number of carboxylic acids is 1. The third-order valence-electron chi connectivity index (χ3n) is 2.00. The van der Waals surface area contributed by atoms with Crippen LogP contribution in [0.15, 0.2) is 12.3 Å². The highest BCUT2D eigenvalue weighted by Crippen LogP contribution is 2.29. The van der Waals surface area contributed by atoms with Crippen LogP contribution in [0.3, 0.4) is 0 Å². The molecule has 0 atom stereocenters. The number of nitrogen functional groups attached to an aromatic ring is 1. The van der Waals surface area contributed by atoms with Gasteiger partial charge in [-0.05, 0) is 17.6 Å². The van der Waals surface area contributed by atoms with E-state index in [1.165, 1.54) is 0 Å². The van der Waals surface area contributed by atoms with Gasteiger partial charge in [-0.3, -0.25) is 4.68 Å². The van der Waals surface area contributed by atoms with Crippen molar-refractivity contribution < 1.29 is 9.90 Å². The summed E-state index contributed by atoms with van der Waals surface area (Å²) in [4.78, 5) is 11.0. The van der Waals surface area contributed by atoms with Crippen molar-refractivity contribution >= 4 is 22.5 Å². The van der Waals surface area contributed by atoms with Gasteiger partial charge in [-0.15, -0.1) is 0 Å². The van der Waals surface area contributed by atoms with Crippen molar-refractivity contribution in [3.05, 3.63) is 17.8 Å². The summed E-state index contributed by atoms with van der Waals surface area (Å²) in [7, 11) is 1.72. The zero-order valence-electron chi connectivity index (χ0n) is 7.84. The van der Waals surface area contributed by atoms with Crippen LogP contribution in [0, 0.1) is 0 Å². The quantitative estimate of drug-likeness (QED) is 0.787. The molecule has 7 heteroatoms. The minimum absolute atomic E-state index is 0.0450. The molecule has 0 saturated heterocycles. The van der Waals surface area contributed by atoms with Crippen LogP contribution in [0.1, 0.15) is 10.4 Å². The van der Waals surface area contributed by atoms with Gasteiger partial charge in [0.25, 0.3) is 0 Å². The van der Waals surface area contributed by atoms with E-state index < -0.39 is 5.97 Å². The molecule has 15 heavy (non-hydrogen) atoms. The van der Waals surface area contributed by atoms with Crippen LogP contribution in [0.25, 0.3) is 11.4 Å². The van der Waals surface area contributed by atoms with Gasteiger partial charge in [0.05, 0.1) is 5.69 Å². The summed E-state index contributed by atoms with van der Waals surface area (Å²) >= 11 is 0.972. The van der Waals surface area contributed by atoms with Crippen molar-refractivity contribution in [1.82, 2.24) is 14.2 Å². The highest BCUT2D eigenvalue weighted by atomic mass is 32.1. The van der Waals surface area contributed by atoms with Crippen LogP contribution in [0.4, 0.5) is 5.00 Å². The highest BCUT2D eigenvalue weighted by Gasteiger charge is 2.21. The third kappa shape index (κ3) is 1.46. The number of aromatic carboxylic acids is 1. The van der Waals surface area contributed by atoms with Crippen LogP contribution >= 0.6 is 11.5 Å². The Morgan fingerprint density at radius 1 is 1.67 bits per heavy atom. The average molecular weight is 224 g/mol. The fraction of sp³-hybridized carbons (Fsp3) is 0.125. The molecule has 0 unspecified atom stereocenters. The predicted molar refractivity (Wildman–Crippen MR) is 55.7 cm³/mol. The first-order valence-electron chi connectivity index (χ1n) is 4.08. The van der Waals surface area contributed by atoms with Gasteiger partial charge in [-0.2, -0.15) is 9.47 Å². The van der Waals surface area contributed by atoms with Gasteiger partial charge in [-0.25, -0.2) is 4.79 Å². The van der Waals surface area contributed by atoms with E-state index in [-0.39, 0.29) is 10.6 Å². The molecular weight excluding hydrogens is 216 g/mol. The molecule has 0 aliphatic rings. The monoisotopic (exact) mass is 224 g/mol. The lowest BCUT2D eigenvalue weighted by molar-refractivity contribution is 0.0699. The minimum Gasteiger partial charge on any atom is -0.478 e. The molecule has 0 aromatic carbocycles. The Kier molecular flexibility index (Phi) is 2.16. The Hall–Kier alpha value is -1.89. The standard InChI is InChI=1S/C8H8N4O2S/c1-12-4(2-3-10-12)6-5(8(13)14)7(9)15-11-6/h2-3H,9H2,1H3,(H,13,14). The van der Waals surface area contributed by atoms with E-state index >= 15 is 0 Å². The van der Waals surface area contributed by atoms with Crippen molar-refractivity contribution in [2.45, 2.75) is 0 Å². The third-order valence-corrected chi connectivity index (χ3v) is 2.67. The number of carboxylic acid groups (broad SMARTS) is 1. The first kappa shape index (κ1) is 9.66. The Balaban J connectivity index is 2.64. The molecule has 0 aliphatic heterocycles. The first-order valence-corrected chi connectivity index (χ1v) is 4.85. The van der Waals surface area contributed by atoms with Gasteiger partial charge in [0.15, 0.2) is 0 Å². The second-order valence-corrected chi connectivity index (χ2v) is 3.72. The van der Waals surface area contributed by atoms with Gasteiger partial charge in [0.1, 0.15) is 16.3 Å².